The molecule has 4 aliphatic rings. The fraction of sp³-hybridized carbons (Fsp3) is 0.958. The summed E-state index contributed by atoms with van der Waals surface area (Å²) >= 11 is 0. The first-order chi connectivity index (χ1) is 13.2. The molecule has 4 aliphatic carbocycles. The monoisotopic (exact) mass is 392 g/mol. The van der Waals surface area contributed by atoms with Crippen LogP contribution in [-0.2, 0) is 4.79 Å². The zero-order chi connectivity index (χ0) is 20.3. The van der Waals surface area contributed by atoms with Crippen LogP contribution in [0, 0.1) is 46.3 Å². The van der Waals surface area contributed by atoms with E-state index in [1.165, 1.54) is 25.7 Å². The van der Waals surface area contributed by atoms with Crippen LogP contribution in [0.15, 0.2) is 0 Å². The minimum Gasteiger partial charge on any atom is -0.481 e. The lowest BCUT2D eigenvalue weighted by molar-refractivity contribution is -0.174. The van der Waals surface area contributed by atoms with Crippen molar-refractivity contribution < 1.29 is 20.1 Å². The number of carbonyl (C=O) groups is 1. The molecule has 0 aromatic heterocycles. The molecule has 4 rings (SSSR count). The Balaban J connectivity index is 1.55. The topological polar surface area (TPSA) is 77.8 Å². The van der Waals surface area contributed by atoms with Crippen molar-refractivity contribution in [1.29, 1.82) is 0 Å². The van der Waals surface area contributed by atoms with Crippen LogP contribution in [0.3, 0.4) is 0 Å². The highest BCUT2D eigenvalue weighted by Crippen LogP contribution is 2.68. The molecule has 0 bridgehead atoms. The minimum atomic E-state index is -0.684. The zero-order valence-electron chi connectivity index (χ0n) is 17.9. The lowest BCUT2D eigenvalue weighted by atomic mass is 9.43. The Morgan fingerprint density at radius 3 is 2.39 bits per heavy atom. The van der Waals surface area contributed by atoms with E-state index in [1.807, 2.05) is 0 Å². The van der Waals surface area contributed by atoms with Gasteiger partial charge in [-0.25, -0.2) is 0 Å². The molecule has 4 heteroatoms. The molecule has 0 aliphatic heterocycles. The third-order valence-electron chi connectivity index (χ3n) is 10.2. The largest absolute Gasteiger partial charge is 0.481 e. The average Bonchev–Trinajstić information content (AvgIpc) is 2.98. The second-order valence-electron chi connectivity index (χ2n) is 11.4. The van der Waals surface area contributed by atoms with E-state index in [-0.39, 0.29) is 29.5 Å². The van der Waals surface area contributed by atoms with E-state index in [2.05, 4.69) is 20.8 Å². The second kappa shape index (κ2) is 7.27. The van der Waals surface area contributed by atoms with Gasteiger partial charge >= 0.3 is 5.97 Å². The fourth-order valence-corrected chi connectivity index (χ4v) is 8.73. The molecule has 4 fully saturated rings. The Kier molecular flexibility index (Phi) is 5.36. The molecule has 0 aromatic rings. The summed E-state index contributed by atoms with van der Waals surface area (Å²) in [5.41, 5.74) is 0.523. The van der Waals surface area contributed by atoms with Gasteiger partial charge in [-0.1, -0.05) is 20.8 Å². The molecule has 4 unspecified atom stereocenters. The Morgan fingerprint density at radius 2 is 1.68 bits per heavy atom. The van der Waals surface area contributed by atoms with Crippen molar-refractivity contribution in [3.63, 3.8) is 0 Å². The van der Waals surface area contributed by atoms with Gasteiger partial charge < -0.3 is 15.3 Å². The second-order valence-corrected chi connectivity index (χ2v) is 11.4. The third kappa shape index (κ3) is 3.14. The molecular weight excluding hydrogens is 352 g/mol. The van der Waals surface area contributed by atoms with Crippen LogP contribution < -0.4 is 0 Å². The van der Waals surface area contributed by atoms with Crippen LogP contribution in [0.25, 0.3) is 0 Å². The van der Waals surface area contributed by atoms with Crippen molar-refractivity contribution in [2.45, 2.75) is 97.2 Å². The number of carboxylic acids is 1. The SMILES string of the molecule is C[C@H](CCC(=O)O)C1CCC2C3C(CC[C@@]21C)[C@@]1(C)CC[C@@H](O)C[C@H]1C[C@@H]3O. The molecule has 4 saturated carbocycles. The summed E-state index contributed by atoms with van der Waals surface area (Å²) in [6.45, 7) is 7.16. The molecule has 28 heavy (non-hydrogen) atoms. The Morgan fingerprint density at radius 1 is 1.00 bits per heavy atom. The van der Waals surface area contributed by atoms with Crippen LogP contribution in [0.1, 0.15) is 85.0 Å². The molecule has 0 aromatic carbocycles. The molecule has 3 N–H and O–H groups in total. The number of rotatable bonds is 4. The highest BCUT2D eigenvalue weighted by molar-refractivity contribution is 5.66. The predicted octanol–water partition coefficient (Wildman–Crippen LogP) is 4.48. The molecule has 0 radical (unpaired) electrons. The maximum absolute atomic E-state index is 11.2. The van der Waals surface area contributed by atoms with Crippen LogP contribution in [-0.4, -0.2) is 33.5 Å². The molecule has 0 saturated heterocycles. The summed E-state index contributed by atoms with van der Waals surface area (Å²) in [6, 6.07) is 0. The van der Waals surface area contributed by atoms with Crippen LogP contribution in [0.4, 0.5) is 0 Å². The average molecular weight is 393 g/mol. The standard InChI is InChI=1S/C24H40O4/c1-14(4-7-21(27)28)17-5-6-18-22-19(9-11-24(17,18)3)23(2)10-8-16(25)12-15(23)13-20(22)26/h14-20,22,25-26H,4-13H2,1-3H3,(H,27,28)/t14-,15+,16-,17?,18?,19?,20+,22?,23+,24-/m1/s1. The summed E-state index contributed by atoms with van der Waals surface area (Å²) in [6.07, 6.45) is 9.19. The molecule has 10 atom stereocenters. The van der Waals surface area contributed by atoms with Gasteiger partial charge in [0.25, 0.3) is 0 Å². The van der Waals surface area contributed by atoms with E-state index in [0.29, 0.717) is 35.5 Å². The van der Waals surface area contributed by atoms with E-state index in [4.69, 9.17) is 5.11 Å². The van der Waals surface area contributed by atoms with E-state index in [0.717, 1.165) is 32.1 Å². The molecule has 4 nitrogen and oxygen atoms in total. The van der Waals surface area contributed by atoms with Crippen molar-refractivity contribution in [3.8, 4) is 0 Å². The first-order valence-corrected chi connectivity index (χ1v) is 11.7. The third-order valence-corrected chi connectivity index (χ3v) is 10.2. The lowest BCUT2D eigenvalue weighted by Gasteiger charge is -2.62. The maximum Gasteiger partial charge on any atom is 0.303 e. The first-order valence-electron chi connectivity index (χ1n) is 11.7. The predicted molar refractivity (Wildman–Crippen MR) is 109 cm³/mol. The van der Waals surface area contributed by atoms with Crippen molar-refractivity contribution >= 4 is 5.97 Å². The Bertz CT molecular complexity index is 605. The number of aliphatic hydroxyl groups excluding tert-OH is 2. The van der Waals surface area contributed by atoms with Gasteiger partial charge in [0.15, 0.2) is 0 Å². The van der Waals surface area contributed by atoms with Crippen molar-refractivity contribution in [3.05, 3.63) is 0 Å². The summed E-state index contributed by atoms with van der Waals surface area (Å²) in [4.78, 5) is 11.1. The van der Waals surface area contributed by atoms with Gasteiger partial charge in [0, 0.05) is 6.42 Å². The smallest absolute Gasteiger partial charge is 0.303 e. The summed E-state index contributed by atoms with van der Waals surface area (Å²) < 4.78 is 0. The van der Waals surface area contributed by atoms with Gasteiger partial charge in [0.2, 0.25) is 0 Å². The highest BCUT2D eigenvalue weighted by Gasteiger charge is 2.62. The van der Waals surface area contributed by atoms with Gasteiger partial charge in [-0.15, -0.1) is 0 Å². The normalized spacial score (nSPS) is 51.7. The Hall–Kier alpha value is -0.610. The number of hydrogen-bond donors (Lipinski definition) is 3. The van der Waals surface area contributed by atoms with Crippen molar-refractivity contribution in [2.75, 3.05) is 0 Å². The van der Waals surface area contributed by atoms with Gasteiger partial charge in [-0.2, -0.15) is 0 Å². The van der Waals surface area contributed by atoms with Crippen LogP contribution in [0.2, 0.25) is 0 Å². The van der Waals surface area contributed by atoms with Gasteiger partial charge in [0.1, 0.15) is 0 Å². The summed E-state index contributed by atoms with van der Waals surface area (Å²) in [7, 11) is 0. The molecule has 0 heterocycles. The van der Waals surface area contributed by atoms with Crippen molar-refractivity contribution in [2.24, 2.45) is 46.3 Å². The zero-order valence-corrected chi connectivity index (χ0v) is 17.9. The molecule has 160 valence electrons. The van der Waals surface area contributed by atoms with Gasteiger partial charge in [0.05, 0.1) is 12.2 Å². The maximum atomic E-state index is 11.2. The quantitative estimate of drug-likeness (QED) is 0.659. The van der Waals surface area contributed by atoms with Crippen LogP contribution >= 0.6 is 0 Å². The van der Waals surface area contributed by atoms with Crippen molar-refractivity contribution in [1.82, 2.24) is 0 Å². The minimum absolute atomic E-state index is 0.179. The number of aliphatic hydroxyl groups is 2. The number of hydrogen-bond acceptors (Lipinski definition) is 3. The van der Waals surface area contributed by atoms with Gasteiger partial charge in [-0.3, -0.25) is 4.79 Å². The molecule has 0 spiro atoms. The fourth-order valence-electron chi connectivity index (χ4n) is 8.73. The lowest BCUT2D eigenvalue weighted by Crippen LogP contribution is -2.58. The van der Waals surface area contributed by atoms with Gasteiger partial charge in [-0.05, 0) is 104 Å². The van der Waals surface area contributed by atoms with E-state index in [1.54, 1.807) is 0 Å². The van der Waals surface area contributed by atoms with E-state index in [9.17, 15) is 15.0 Å². The molecule has 0 amide bonds. The Labute approximate surface area is 170 Å². The first kappa shape index (κ1) is 20.7. The number of aliphatic carboxylic acids is 1. The van der Waals surface area contributed by atoms with Crippen LogP contribution in [0.5, 0.6) is 0 Å². The molecular formula is C24H40O4. The summed E-state index contributed by atoms with van der Waals surface area (Å²) in [5, 5.41) is 30.5. The summed E-state index contributed by atoms with van der Waals surface area (Å²) in [5.74, 6) is 2.36. The van der Waals surface area contributed by atoms with E-state index < -0.39 is 5.97 Å². The number of carboxylic acid groups (broad SMARTS) is 1. The number of fused-ring (bicyclic) bond motifs is 5. The van der Waals surface area contributed by atoms with E-state index >= 15 is 0 Å². The highest BCUT2D eigenvalue weighted by atomic mass is 16.4.